The molecule has 0 fully saturated rings. The highest BCUT2D eigenvalue weighted by atomic mass is 35.5. The van der Waals surface area contributed by atoms with Gasteiger partial charge in [0.05, 0.1) is 16.2 Å². The number of halogens is 1. The molecule has 3 rings (SSSR count). The number of pyridine rings is 1. The Labute approximate surface area is 155 Å². The summed E-state index contributed by atoms with van der Waals surface area (Å²) in [5.41, 5.74) is 0.660. The molecule has 132 valence electrons. The summed E-state index contributed by atoms with van der Waals surface area (Å²) >= 11 is 6.78. The van der Waals surface area contributed by atoms with Gasteiger partial charge in [-0.3, -0.25) is 19.9 Å². The maximum atomic E-state index is 12.0. The Hall–Kier alpha value is -2.98. The van der Waals surface area contributed by atoms with Gasteiger partial charge in [0.2, 0.25) is 11.8 Å². The van der Waals surface area contributed by atoms with Crippen molar-refractivity contribution in [2.75, 3.05) is 11.1 Å². The summed E-state index contributed by atoms with van der Waals surface area (Å²) in [5.74, 6) is -0.0902. The number of hydrogen-bond donors (Lipinski definition) is 1. The molecule has 0 unspecified atom stereocenters. The zero-order valence-electron chi connectivity index (χ0n) is 13.0. The van der Waals surface area contributed by atoms with Crippen LogP contribution in [0.25, 0.3) is 11.5 Å². The number of aromatic nitrogens is 3. The standard InChI is InChI=1S/C15H10ClN5O4S/c16-11-4-3-10(6-12(11)21(23)24)18-13(22)8-26-15-20-19-14(25-15)9-2-1-5-17-7-9/h1-7H,8H2,(H,18,22). The summed E-state index contributed by atoms with van der Waals surface area (Å²) < 4.78 is 5.45. The molecule has 3 aromatic rings. The molecular formula is C15H10ClN5O4S. The van der Waals surface area contributed by atoms with E-state index in [2.05, 4.69) is 20.5 Å². The van der Waals surface area contributed by atoms with E-state index in [1.54, 1.807) is 24.5 Å². The van der Waals surface area contributed by atoms with Crippen LogP contribution in [0.3, 0.4) is 0 Å². The topological polar surface area (TPSA) is 124 Å². The van der Waals surface area contributed by atoms with Crippen molar-refractivity contribution in [2.24, 2.45) is 0 Å². The second-order valence-electron chi connectivity index (χ2n) is 4.87. The number of nitrogens with one attached hydrogen (secondary N) is 1. The third-order valence-electron chi connectivity index (χ3n) is 3.07. The summed E-state index contributed by atoms with van der Waals surface area (Å²) in [6, 6.07) is 7.53. The van der Waals surface area contributed by atoms with Gasteiger partial charge in [-0.2, -0.15) is 0 Å². The third kappa shape index (κ3) is 4.35. The number of amides is 1. The molecule has 9 nitrogen and oxygen atoms in total. The lowest BCUT2D eigenvalue weighted by molar-refractivity contribution is -0.384. The van der Waals surface area contributed by atoms with Gasteiger partial charge in [0.15, 0.2) is 0 Å². The molecule has 1 amide bonds. The number of thioether (sulfide) groups is 1. The Morgan fingerprint density at radius 1 is 1.35 bits per heavy atom. The average Bonchev–Trinajstić information content (AvgIpc) is 3.11. The Morgan fingerprint density at radius 2 is 2.19 bits per heavy atom. The summed E-state index contributed by atoms with van der Waals surface area (Å²) in [6.45, 7) is 0. The second-order valence-corrected chi connectivity index (χ2v) is 6.21. The van der Waals surface area contributed by atoms with Crippen molar-refractivity contribution < 1.29 is 14.1 Å². The summed E-state index contributed by atoms with van der Waals surface area (Å²) in [7, 11) is 0. The largest absolute Gasteiger partial charge is 0.411 e. The fourth-order valence-electron chi connectivity index (χ4n) is 1.93. The number of nitro benzene ring substituents is 1. The first-order chi connectivity index (χ1) is 12.5. The summed E-state index contributed by atoms with van der Waals surface area (Å²) in [5, 5.41) is 21.4. The number of benzene rings is 1. The predicted molar refractivity (Wildman–Crippen MR) is 95.0 cm³/mol. The van der Waals surface area contributed by atoms with E-state index < -0.39 is 4.92 Å². The van der Waals surface area contributed by atoms with Crippen LogP contribution in [0, 0.1) is 10.1 Å². The lowest BCUT2D eigenvalue weighted by atomic mass is 10.3. The lowest BCUT2D eigenvalue weighted by Crippen LogP contribution is -2.14. The SMILES string of the molecule is O=C(CSc1nnc(-c2cccnc2)o1)Nc1ccc(Cl)c([N+](=O)[O-])c1. The Balaban J connectivity index is 1.59. The van der Waals surface area contributed by atoms with Gasteiger partial charge in [-0.1, -0.05) is 23.4 Å². The van der Waals surface area contributed by atoms with E-state index in [-0.39, 0.29) is 33.3 Å². The van der Waals surface area contributed by atoms with Crippen LogP contribution < -0.4 is 5.32 Å². The van der Waals surface area contributed by atoms with Crippen molar-refractivity contribution in [1.29, 1.82) is 0 Å². The van der Waals surface area contributed by atoms with E-state index in [1.165, 1.54) is 18.2 Å². The van der Waals surface area contributed by atoms with Gasteiger partial charge < -0.3 is 9.73 Å². The number of rotatable bonds is 6. The molecule has 26 heavy (non-hydrogen) atoms. The molecule has 2 heterocycles. The highest BCUT2D eigenvalue weighted by molar-refractivity contribution is 7.99. The molecular weight excluding hydrogens is 382 g/mol. The molecule has 0 saturated carbocycles. The fraction of sp³-hybridized carbons (Fsp3) is 0.0667. The minimum Gasteiger partial charge on any atom is -0.411 e. The van der Waals surface area contributed by atoms with Crippen LogP contribution in [0.2, 0.25) is 5.02 Å². The molecule has 1 aromatic carbocycles. The van der Waals surface area contributed by atoms with Crippen LogP contribution >= 0.6 is 23.4 Å². The van der Waals surface area contributed by atoms with Crippen LogP contribution in [-0.4, -0.2) is 31.8 Å². The van der Waals surface area contributed by atoms with Crippen LogP contribution in [0.15, 0.2) is 52.4 Å². The summed E-state index contributed by atoms with van der Waals surface area (Å²) in [6.07, 6.45) is 3.21. The number of nitro groups is 1. The van der Waals surface area contributed by atoms with E-state index in [1.807, 2.05) is 0 Å². The molecule has 0 aliphatic heterocycles. The molecule has 0 aliphatic rings. The molecule has 1 N–H and O–H groups in total. The summed E-state index contributed by atoms with van der Waals surface area (Å²) in [4.78, 5) is 26.2. The van der Waals surface area contributed by atoms with Crippen molar-refractivity contribution in [2.45, 2.75) is 5.22 Å². The minimum absolute atomic E-state index is 0.00355. The zero-order chi connectivity index (χ0) is 18.5. The van der Waals surface area contributed by atoms with Gasteiger partial charge >= 0.3 is 0 Å². The minimum atomic E-state index is -0.620. The van der Waals surface area contributed by atoms with Gasteiger partial charge in [0.1, 0.15) is 5.02 Å². The Bertz CT molecular complexity index is 950. The van der Waals surface area contributed by atoms with Gasteiger partial charge in [-0.05, 0) is 24.3 Å². The number of carbonyl (C=O) groups excluding carboxylic acids is 1. The molecule has 11 heteroatoms. The van der Waals surface area contributed by atoms with E-state index in [0.717, 1.165) is 11.8 Å². The van der Waals surface area contributed by atoms with Gasteiger partial charge in [0.25, 0.3) is 10.9 Å². The van der Waals surface area contributed by atoms with Crippen molar-refractivity contribution in [3.8, 4) is 11.5 Å². The van der Waals surface area contributed by atoms with Crippen molar-refractivity contribution in [1.82, 2.24) is 15.2 Å². The Morgan fingerprint density at radius 3 is 2.92 bits per heavy atom. The number of hydrogen-bond acceptors (Lipinski definition) is 8. The van der Waals surface area contributed by atoms with Crippen molar-refractivity contribution in [3.05, 3.63) is 57.9 Å². The normalized spacial score (nSPS) is 10.5. The van der Waals surface area contributed by atoms with Crippen LogP contribution in [0.1, 0.15) is 0 Å². The van der Waals surface area contributed by atoms with Crippen molar-refractivity contribution >= 4 is 40.6 Å². The van der Waals surface area contributed by atoms with Crippen LogP contribution in [0.4, 0.5) is 11.4 Å². The number of carbonyl (C=O) groups is 1. The molecule has 0 bridgehead atoms. The maximum absolute atomic E-state index is 12.0. The monoisotopic (exact) mass is 391 g/mol. The van der Waals surface area contributed by atoms with Crippen LogP contribution in [-0.2, 0) is 4.79 Å². The first kappa shape index (κ1) is 17.8. The second kappa shape index (κ2) is 7.93. The average molecular weight is 392 g/mol. The van der Waals surface area contributed by atoms with E-state index in [4.69, 9.17) is 16.0 Å². The quantitative estimate of drug-likeness (QED) is 0.385. The Kier molecular flexibility index (Phi) is 5.44. The van der Waals surface area contributed by atoms with E-state index in [0.29, 0.717) is 11.5 Å². The van der Waals surface area contributed by atoms with Gasteiger partial charge in [-0.25, -0.2) is 0 Å². The highest BCUT2D eigenvalue weighted by Crippen LogP contribution is 2.28. The van der Waals surface area contributed by atoms with E-state index in [9.17, 15) is 14.9 Å². The molecule has 0 spiro atoms. The first-order valence-corrected chi connectivity index (χ1v) is 8.50. The van der Waals surface area contributed by atoms with Crippen LogP contribution in [0.5, 0.6) is 0 Å². The highest BCUT2D eigenvalue weighted by Gasteiger charge is 2.15. The molecule has 0 radical (unpaired) electrons. The first-order valence-electron chi connectivity index (χ1n) is 7.13. The van der Waals surface area contributed by atoms with Gasteiger partial charge in [0, 0.05) is 24.1 Å². The molecule has 0 aliphatic carbocycles. The molecule has 0 atom stereocenters. The third-order valence-corrected chi connectivity index (χ3v) is 4.21. The number of nitrogens with zero attached hydrogens (tertiary/aromatic N) is 4. The predicted octanol–water partition coefficient (Wildman–Crippen LogP) is 3.42. The number of anilines is 1. The fourth-order valence-corrected chi connectivity index (χ4v) is 2.68. The van der Waals surface area contributed by atoms with Crippen molar-refractivity contribution in [3.63, 3.8) is 0 Å². The maximum Gasteiger partial charge on any atom is 0.289 e. The zero-order valence-corrected chi connectivity index (χ0v) is 14.5. The van der Waals surface area contributed by atoms with Gasteiger partial charge in [-0.15, -0.1) is 10.2 Å². The van der Waals surface area contributed by atoms with E-state index >= 15 is 0 Å². The molecule has 0 saturated heterocycles. The molecule has 2 aromatic heterocycles. The lowest BCUT2D eigenvalue weighted by Gasteiger charge is -2.04. The smallest absolute Gasteiger partial charge is 0.289 e.